The lowest BCUT2D eigenvalue weighted by Gasteiger charge is -2.25. The van der Waals surface area contributed by atoms with E-state index in [-0.39, 0.29) is 11.9 Å². The molecule has 0 fully saturated rings. The van der Waals surface area contributed by atoms with Crippen molar-refractivity contribution in [3.05, 3.63) is 111 Å². The van der Waals surface area contributed by atoms with Crippen molar-refractivity contribution in [2.24, 2.45) is 0 Å². The van der Waals surface area contributed by atoms with E-state index in [4.69, 9.17) is 9.15 Å². The average molecular weight is 546 g/mol. The van der Waals surface area contributed by atoms with Crippen LogP contribution in [0.2, 0.25) is 0 Å². The summed E-state index contributed by atoms with van der Waals surface area (Å²) in [6.07, 6.45) is 2.36. The van der Waals surface area contributed by atoms with E-state index in [1.807, 2.05) is 60.7 Å². The Kier molecular flexibility index (Phi) is 7.07. The zero-order chi connectivity index (χ0) is 27.7. The average Bonchev–Trinajstić information content (AvgIpc) is 3.57. The van der Waals surface area contributed by atoms with Gasteiger partial charge in [0.1, 0.15) is 22.7 Å². The van der Waals surface area contributed by atoms with Gasteiger partial charge < -0.3 is 14.3 Å². The van der Waals surface area contributed by atoms with Crippen LogP contribution in [0.25, 0.3) is 21.0 Å². The number of fused-ring (bicyclic) bond motifs is 1. The van der Waals surface area contributed by atoms with E-state index in [0.29, 0.717) is 27.8 Å². The van der Waals surface area contributed by atoms with E-state index in [9.17, 15) is 19.5 Å². The second-order valence-electron chi connectivity index (χ2n) is 9.67. The number of aromatic nitrogens is 3. The van der Waals surface area contributed by atoms with Crippen LogP contribution in [-0.2, 0) is 28.2 Å². The van der Waals surface area contributed by atoms with E-state index >= 15 is 0 Å². The summed E-state index contributed by atoms with van der Waals surface area (Å²) in [5.74, 6) is -0.982. The zero-order valence-corrected chi connectivity index (χ0v) is 22.5. The SMILES string of the molecule is Cc1c(-c2ncco2)sc2c1c(=O)n(C(C)(C)C(=O)O)c(=O)n2C[C@@H](OCc1ccccc1)c1ccccc1. The number of carbonyl (C=O) groups is 1. The molecule has 0 saturated heterocycles. The van der Waals surface area contributed by atoms with Crippen LogP contribution in [0.3, 0.4) is 0 Å². The molecule has 0 aliphatic rings. The number of aryl methyl sites for hydroxylation is 1. The first-order valence-corrected chi connectivity index (χ1v) is 13.1. The van der Waals surface area contributed by atoms with Crippen molar-refractivity contribution < 1.29 is 19.1 Å². The molecule has 0 spiro atoms. The fourth-order valence-electron chi connectivity index (χ4n) is 4.49. The van der Waals surface area contributed by atoms with Crippen molar-refractivity contribution in [2.75, 3.05) is 0 Å². The van der Waals surface area contributed by atoms with Gasteiger partial charge in [0.05, 0.1) is 29.6 Å². The fraction of sp³-hybridized carbons (Fsp3) is 0.241. The summed E-state index contributed by atoms with van der Waals surface area (Å²) in [6.45, 7) is 4.77. The van der Waals surface area contributed by atoms with Gasteiger partial charge in [-0.1, -0.05) is 60.7 Å². The van der Waals surface area contributed by atoms with Crippen molar-refractivity contribution >= 4 is 27.5 Å². The number of thiophene rings is 1. The van der Waals surface area contributed by atoms with Crippen LogP contribution in [0.1, 0.15) is 36.6 Å². The van der Waals surface area contributed by atoms with Gasteiger partial charge in [-0.2, -0.15) is 0 Å². The van der Waals surface area contributed by atoms with Crippen molar-refractivity contribution in [3.8, 4) is 10.8 Å². The summed E-state index contributed by atoms with van der Waals surface area (Å²) in [7, 11) is 0. The van der Waals surface area contributed by atoms with Gasteiger partial charge >= 0.3 is 11.7 Å². The number of nitrogens with zero attached hydrogens (tertiary/aromatic N) is 3. The maximum absolute atomic E-state index is 14.0. The first-order chi connectivity index (χ1) is 18.7. The largest absolute Gasteiger partial charge is 0.480 e. The van der Waals surface area contributed by atoms with Crippen LogP contribution < -0.4 is 11.2 Å². The van der Waals surface area contributed by atoms with Crippen molar-refractivity contribution in [3.63, 3.8) is 0 Å². The molecule has 0 unspecified atom stereocenters. The summed E-state index contributed by atoms with van der Waals surface area (Å²) in [6, 6.07) is 19.2. The molecule has 3 heterocycles. The standard InChI is InChI=1S/C29H27N3O6S/c1-18-22-25(33)32(29(2,3)27(34)35)28(36)31(26(22)39-23(18)24-30-14-15-37-24)16-21(20-12-8-5-9-13-20)38-17-19-10-6-4-7-11-19/h4-15,21H,16-17H2,1-3H3,(H,34,35)/t21-/m1/s1. The van der Waals surface area contributed by atoms with E-state index in [0.717, 1.165) is 15.7 Å². The number of rotatable bonds is 9. The Morgan fingerprint density at radius 3 is 2.38 bits per heavy atom. The molecule has 3 aromatic heterocycles. The maximum Gasteiger partial charge on any atom is 0.333 e. The highest BCUT2D eigenvalue weighted by atomic mass is 32.1. The number of oxazole rings is 1. The molecule has 0 aliphatic heterocycles. The zero-order valence-electron chi connectivity index (χ0n) is 21.7. The van der Waals surface area contributed by atoms with Gasteiger partial charge in [0.25, 0.3) is 5.56 Å². The third-order valence-corrected chi connectivity index (χ3v) is 8.04. The first-order valence-electron chi connectivity index (χ1n) is 12.3. The Morgan fingerprint density at radius 2 is 1.77 bits per heavy atom. The molecular formula is C29H27N3O6S. The second-order valence-corrected chi connectivity index (χ2v) is 10.7. The van der Waals surface area contributed by atoms with E-state index in [1.54, 1.807) is 6.92 Å². The molecule has 0 radical (unpaired) electrons. The molecule has 1 N–H and O–H groups in total. The Bertz CT molecular complexity index is 1740. The molecule has 0 amide bonds. The molecule has 1 atom stereocenters. The quantitative estimate of drug-likeness (QED) is 0.278. The summed E-state index contributed by atoms with van der Waals surface area (Å²) < 4.78 is 14.1. The molecule has 10 heteroatoms. The highest BCUT2D eigenvalue weighted by Crippen LogP contribution is 2.36. The van der Waals surface area contributed by atoms with E-state index in [2.05, 4.69) is 4.98 Å². The second kappa shape index (κ2) is 10.5. The van der Waals surface area contributed by atoms with E-state index in [1.165, 1.54) is 42.2 Å². The third-order valence-electron chi connectivity index (χ3n) is 6.74. The number of hydrogen-bond donors (Lipinski definition) is 1. The molecule has 0 aliphatic carbocycles. The lowest BCUT2D eigenvalue weighted by Crippen LogP contribution is -2.52. The van der Waals surface area contributed by atoms with Crippen LogP contribution >= 0.6 is 11.3 Å². The number of benzene rings is 2. The minimum atomic E-state index is -1.80. The molecular weight excluding hydrogens is 518 g/mol. The summed E-state index contributed by atoms with van der Waals surface area (Å²) in [5, 5.41) is 10.2. The summed E-state index contributed by atoms with van der Waals surface area (Å²) in [4.78, 5) is 45.1. The molecule has 0 saturated carbocycles. The number of aliphatic carboxylic acids is 1. The van der Waals surface area contributed by atoms with Crippen LogP contribution in [-0.4, -0.2) is 25.2 Å². The number of carboxylic acids is 1. The summed E-state index contributed by atoms with van der Waals surface area (Å²) in [5.41, 5.74) is -0.839. The van der Waals surface area contributed by atoms with Gasteiger partial charge in [-0.15, -0.1) is 11.3 Å². The van der Waals surface area contributed by atoms with Crippen LogP contribution in [0, 0.1) is 6.92 Å². The highest BCUT2D eigenvalue weighted by molar-refractivity contribution is 7.22. The maximum atomic E-state index is 14.0. The number of carboxylic acid groups (broad SMARTS) is 1. The van der Waals surface area contributed by atoms with Crippen LogP contribution in [0.4, 0.5) is 0 Å². The lowest BCUT2D eigenvalue weighted by molar-refractivity contribution is -0.146. The minimum Gasteiger partial charge on any atom is -0.480 e. The van der Waals surface area contributed by atoms with Gasteiger partial charge in [-0.05, 0) is 37.5 Å². The molecule has 9 nitrogen and oxygen atoms in total. The van der Waals surface area contributed by atoms with Crippen molar-refractivity contribution in [1.82, 2.24) is 14.1 Å². The molecule has 5 rings (SSSR count). The Labute approximate surface area is 227 Å². The fourth-order valence-corrected chi connectivity index (χ4v) is 5.74. The van der Waals surface area contributed by atoms with Crippen molar-refractivity contribution in [2.45, 2.75) is 45.6 Å². The molecule has 0 bridgehead atoms. The Hall–Kier alpha value is -4.28. The monoisotopic (exact) mass is 545 g/mol. The number of ether oxygens (including phenoxy) is 1. The smallest absolute Gasteiger partial charge is 0.333 e. The number of hydrogen-bond acceptors (Lipinski definition) is 7. The Morgan fingerprint density at radius 1 is 1.10 bits per heavy atom. The molecule has 2 aromatic carbocycles. The molecule has 200 valence electrons. The topological polar surface area (TPSA) is 117 Å². The third kappa shape index (κ3) is 4.84. The molecule has 5 aromatic rings. The van der Waals surface area contributed by atoms with E-state index < -0.39 is 28.9 Å². The van der Waals surface area contributed by atoms with Gasteiger partial charge in [0, 0.05) is 0 Å². The van der Waals surface area contributed by atoms with Crippen molar-refractivity contribution in [1.29, 1.82) is 0 Å². The predicted octanol–water partition coefficient (Wildman–Crippen LogP) is 4.97. The highest BCUT2D eigenvalue weighted by Gasteiger charge is 2.36. The van der Waals surface area contributed by atoms with Gasteiger partial charge in [-0.25, -0.2) is 19.1 Å². The van der Waals surface area contributed by atoms with Crippen LogP contribution in [0.15, 0.2) is 87.1 Å². The Balaban J connectivity index is 1.72. The predicted molar refractivity (Wildman–Crippen MR) is 148 cm³/mol. The summed E-state index contributed by atoms with van der Waals surface area (Å²) >= 11 is 1.21. The normalized spacial score (nSPS) is 12.6. The van der Waals surface area contributed by atoms with Crippen LogP contribution in [0.5, 0.6) is 0 Å². The van der Waals surface area contributed by atoms with Gasteiger partial charge in [-0.3, -0.25) is 9.36 Å². The lowest BCUT2D eigenvalue weighted by atomic mass is 10.1. The van der Waals surface area contributed by atoms with Gasteiger partial charge in [0.15, 0.2) is 0 Å². The van der Waals surface area contributed by atoms with Gasteiger partial charge in [0.2, 0.25) is 5.89 Å². The first kappa shape index (κ1) is 26.3. The minimum absolute atomic E-state index is 0.0487. The molecule has 39 heavy (non-hydrogen) atoms.